The molecule has 1 atom stereocenters. The van der Waals surface area contributed by atoms with Crippen molar-refractivity contribution in [2.24, 2.45) is 0 Å². The topological polar surface area (TPSA) is 90.1 Å². The Labute approximate surface area is 184 Å². The summed E-state index contributed by atoms with van der Waals surface area (Å²) in [5, 5.41) is 11.9. The van der Waals surface area contributed by atoms with Gasteiger partial charge in [-0.2, -0.15) is 5.10 Å². The van der Waals surface area contributed by atoms with Gasteiger partial charge in [-0.3, -0.25) is 14.7 Å². The van der Waals surface area contributed by atoms with E-state index in [-0.39, 0.29) is 5.75 Å². The molecule has 166 valence electrons. The number of hydrogen-bond acceptors (Lipinski definition) is 5. The Kier molecular flexibility index (Phi) is 6.48. The second-order valence-corrected chi connectivity index (χ2v) is 10.3. The molecule has 2 heterocycles. The Morgan fingerprint density at radius 3 is 2.94 bits per heavy atom. The number of H-pyrrole nitrogens is 1. The van der Waals surface area contributed by atoms with Gasteiger partial charge in [-0.05, 0) is 68.1 Å². The van der Waals surface area contributed by atoms with Crippen LogP contribution in [0.4, 0.5) is 11.4 Å². The predicted molar refractivity (Wildman–Crippen MR) is 127 cm³/mol. The number of sulfonamides is 1. The summed E-state index contributed by atoms with van der Waals surface area (Å²) in [6.07, 6.45) is 4.71. The fourth-order valence-corrected chi connectivity index (χ4v) is 5.40. The average Bonchev–Trinajstić information content (AvgIpc) is 3.18. The van der Waals surface area contributed by atoms with Crippen molar-refractivity contribution >= 4 is 32.3 Å². The highest BCUT2D eigenvalue weighted by atomic mass is 32.2. The van der Waals surface area contributed by atoms with Crippen LogP contribution in [0.3, 0.4) is 0 Å². The molecule has 0 aliphatic carbocycles. The van der Waals surface area contributed by atoms with Crippen LogP contribution in [0.15, 0.2) is 42.6 Å². The van der Waals surface area contributed by atoms with E-state index < -0.39 is 10.0 Å². The number of nitrogens with one attached hydrogen (secondary N) is 3. The number of hydrogen-bond donors (Lipinski definition) is 3. The van der Waals surface area contributed by atoms with Crippen LogP contribution < -0.4 is 10.0 Å². The monoisotopic (exact) mass is 441 g/mol. The molecule has 8 heteroatoms. The third-order valence-electron chi connectivity index (χ3n) is 5.76. The quantitative estimate of drug-likeness (QED) is 0.490. The molecular formula is C23H31N5O2S. The SMILES string of the molecule is CCCS(=O)(=O)Nc1cc(CN2CCC[C@H](Nc3ccc4[nH]ncc4c3)C2)ccc1C. The maximum atomic E-state index is 12.2. The first-order valence-corrected chi connectivity index (χ1v) is 12.6. The summed E-state index contributed by atoms with van der Waals surface area (Å²) in [5.41, 5.74) is 4.91. The molecule has 1 saturated heterocycles. The average molecular weight is 442 g/mol. The highest BCUT2D eigenvalue weighted by molar-refractivity contribution is 7.92. The van der Waals surface area contributed by atoms with E-state index in [2.05, 4.69) is 49.4 Å². The summed E-state index contributed by atoms with van der Waals surface area (Å²) in [6.45, 7) is 6.61. The highest BCUT2D eigenvalue weighted by Crippen LogP contribution is 2.23. The molecule has 4 rings (SSSR count). The number of aryl methyl sites for hydroxylation is 1. The predicted octanol–water partition coefficient (Wildman–Crippen LogP) is 4.10. The molecule has 0 spiro atoms. The summed E-state index contributed by atoms with van der Waals surface area (Å²) in [5.74, 6) is 0.140. The highest BCUT2D eigenvalue weighted by Gasteiger charge is 2.20. The lowest BCUT2D eigenvalue weighted by atomic mass is 10.0. The molecule has 0 saturated carbocycles. The first-order chi connectivity index (χ1) is 14.9. The molecular weight excluding hydrogens is 410 g/mol. The second-order valence-electron chi connectivity index (χ2n) is 8.46. The van der Waals surface area contributed by atoms with Crippen molar-refractivity contribution in [3.63, 3.8) is 0 Å². The molecule has 2 aromatic carbocycles. The van der Waals surface area contributed by atoms with Gasteiger partial charge in [-0.15, -0.1) is 0 Å². The number of aromatic nitrogens is 2. The normalized spacial score (nSPS) is 17.7. The number of likely N-dealkylation sites (tertiary alicyclic amines) is 1. The fourth-order valence-electron chi connectivity index (χ4n) is 4.21. The maximum absolute atomic E-state index is 12.2. The number of benzene rings is 2. The van der Waals surface area contributed by atoms with Gasteiger partial charge in [-0.25, -0.2) is 8.42 Å². The summed E-state index contributed by atoms with van der Waals surface area (Å²) in [7, 11) is -3.29. The first kappa shape index (κ1) is 21.6. The molecule has 0 amide bonds. The Morgan fingerprint density at radius 2 is 2.10 bits per heavy atom. The summed E-state index contributed by atoms with van der Waals surface area (Å²) in [4.78, 5) is 2.44. The lowest BCUT2D eigenvalue weighted by molar-refractivity contribution is 0.208. The second kappa shape index (κ2) is 9.28. The Bertz CT molecular complexity index is 1140. The molecule has 7 nitrogen and oxygen atoms in total. The standard InChI is InChI=1S/C23H31N5O2S/c1-3-11-31(29,30)27-23-12-18(7-6-17(23)2)15-28-10-4-5-21(16-28)25-20-8-9-22-19(13-20)14-24-26-22/h6-9,12-14,21,25,27H,3-5,10-11,15-16H2,1-2H3,(H,24,26)/t21-/m0/s1. The van der Waals surface area contributed by atoms with E-state index in [1.165, 1.54) is 0 Å². The summed E-state index contributed by atoms with van der Waals surface area (Å²) < 4.78 is 27.2. The molecule has 0 unspecified atom stereocenters. The van der Waals surface area contributed by atoms with Gasteiger partial charge in [0.1, 0.15) is 0 Å². The minimum absolute atomic E-state index is 0.140. The van der Waals surface area contributed by atoms with Crippen LogP contribution in [0.25, 0.3) is 10.9 Å². The Balaban J connectivity index is 1.40. The van der Waals surface area contributed by atoms with Crippen LogP contribution in [0.2, 0.25) is 0 Å². The van der Waals surface area contributed by atoms with E-state index in [0.29, 0.717) is 18.2 Å². The molecule has 1 aliphatic rings. The van der Waals surface area contributed by atoms with Gasteiger partial charge in [0, 0.05) is 30.2 Å². The smallest absolute Gasteiger partial charge is 0.232 e. The Morgan fingerprint density at radius 1 is 1.23 bits per heavy atom. The van der Waals surface area contributed by atoms with Crippen LogP contribution in [-0.4, -0.2) is 48.4 Å². The number of fused-ring (bicyclic) bond motifs is 1. The largest absolute Gasteiger partial charge is 0.381 e. The van der Waals surface area contributed by atoms with Crippen LogP contribution in [0.5, 0.6) is 0 Å². The van der Waals surface area contributed by atoms with E-state index >= 15 is 0 Å². The number of aromatic amines is 1. The van der Waals surface area contributed by atoms with Crippen molar-refractivity contribution in [3.05, 3.63) is 53.7 Å². The van der Waals surface area contributed by atoms with Crippen molar-refractivity contribution in [3.8, 4) is 0 Å². The lowest BCUT2D eigenvalue weighted by Gasteiger charge is -2.34. The van der Waals surface area contributed by atoms with Crippen LogP contribution in [-0.2, 0) is 16.6 Å². The number of anilines is 2. The zero-order valence-electron chi connectivity index (χ0n) is 18.2. The van der Waals surface area contributed by atoms with E-state index in [4.69, 9.17) is 0 Å². The van der Waals surface area contributed by atoms with Crippen molar-refractivity contribution in [2.45, 2.75) is 45.7 Å². The number of nitrogens with zero attached hydrogens (tertiary/aromatic N) is 2. The van der Waals surface area contributed by atoms with Gasteiger partial charge >= 0.3 is 0 Å². The van der Waals surface area contributed by atoms with Crippen molar-refractivity contribution in [2.75, 3.05) is 28.9 Å². The molecule has 1 aliphatic heterocycles. The fraction of sp³-hybridized carbons (Fsp3) is 0.435. The lowest BCUT2D eigenvalue weighted by Crippen LogP contribution is -2.41. The van der Waals surface area contributed by atoms with E-state index in [1.807, 2.05) is 32.2 Å². The number of rotatable bonds is 8. The molecule has 1 fully saturated rings. The zero-order chi connectivity index (χ0) is 21.8. The Hall–Kier alpha value is -2.58. The first-order valence-electron chi connectivity index (χ1n) is 10.9. The summed E-state index contributed by atoms with van der Waals surface area (Å²) >= 11 is 0. The van der Waals surface area contributed by atoms with Gasteiger partial charge in [0.05, 0.1) is 23.2 Å². The molecule has 3 aromatic rings. The van der Waals surface area contributed by atoms with E-state index in [9.17, 15) is 8.42 Å². The van der Waals surface area contributed by atoms with E-state index in [1.54, 1.807) is 0 Å². The van der Waals surface area contributed by atoms with Crippen LogP contribution in [0, 0.1) is 6.92 Å². The van der Waals surface area contributed by atoms with Gasteiger partial charge in [0.2, 0.25) is 10.0 Å². The molecule has 3 N–H and O–H groups in total. The number of piperidine rings is 1. The zero-order valence-corrected chi connectivity index (χ0v) is 19.0. The molecule has 1 aromatic heterocycles. The minimum atomic E-state index is -3.29. The van der Waals surface area contributed by atoms with E-state index in [0.717, 1.165) is 60.2 Å². The van der Waals surface area contributed by atoms with Crippen molar-refractivity contribution in [1.29, 1.82) is 0 Å². The maximum Gasteiger partial charge on any atom is 0.232 e. The van der Waals surface area contributed by atoms with Crippen molar-refractivity contribution in [1.82, 2.24) is 15.1 Å². The van der Waals surface area contributed by atoms with Crippen LogP contribution >= 0.6 is 0 Å². The molecule has 0 bridgehead atoms. The molecule has 0 radical (unpaired) electrons. The van der Waals surface area contributed by atoms with Gasteiger partial charge < -0.3 is 5.32 Å². The third kappa shape index (κ3) is 5.57. The van der Waals surface area contributed by atoms with Gasteiger partial charge in [0.25, 0.3) is 0 Å². The van der Waals surface area contributed by atoms with Gasteiger partial charge in [0.15, 0.2) is 0 Å². The van der Waals surface area contributed by atoms with Crippen LogP contribution in [0.1, 0.15) is 37.3 Å². The van der Waals surface area contributed by atoms with Gasteiger partial charge in [-0.1, -0.05) is 19.1 Å². The summed E-state index contributed by atoms with van der Waals surface area (Å²) in [6, 6.07) is 12.7. The minimum Gasteiger partial charge on any atom is -0.381 e. The third-order valence-corrected chi connectivity index (χ3v) is 7.24. The van der Waals surface area contributed by atoms with Crippen molar-refractivity contribution < 1.29 is 8.42 Å². The molecule has 31 heavy (non-hydrogen) atoms.